The summed E-state index contributed by atoms with van der Waals surface area (Å²) in [6.45, 7) is 2.03. The summed E-state index contributed by atoms with van der Waals surface area (Å²) in [6, 6.07) is 7.05. The molecule has 0 saturated carbocycles. The minimum absolute atomic E-state index is 0.171. The van der Waals surface area contributed by atoms with Crippen molar-refractivity contribution >= 4 is 10.9 Å². The average molecular weight is 218 g/mol. The van der Waals surface area contributed by atoms with Crippen LogP contribution in [0.4, 0.5) is 0 Å². The van der Waals surface area contributed by atoms with Gasteiger partial charge in [0.05, 0.1) is 0 Å². The van der Waals surface area contributed by atoms with Crippen LogP contribution in [0.2, 0.25) is 0 Å². The number of fused-ring (bicyclic) bond motifs is 1. The molecule has 2 aromatic rings. The lowest BCUT2D eigenvalue weighted by Gasteiger charge is -2.04. The van der Waals surface area contributed by atoms with Crippen molar-refractivity contribution in [1.29, 1.82) is 0 Å². The van der Waals surface area contributed by atoms with Crippen molar-refractivity contribution in [3.63, 3.8) is 0 Å². The first-order valence-electron chi connectivity index (χ1n) is 4.90. The molecule has 1 aromatic carbocycles. The maximum Gasteiger partial charge on any atom is 0.299 e. The van der Waals surface area contributed by atoms with E-state index in [1.54, 1.807) is 12.3 Å². The van der Waals surface area contributed by atoms with E-state index < -0.39 is 5.09 Å². The van der Waals surface area contributed by atoms with Gasteiger partial charge in [-0.25, -0.2) is 0 Å². The second-order valence-electron chi connectivity index (χ2n) is 3.34. The van der Waals surface area contributed by atoms with Crippen LogP contribution in [0.15, 0.2) is 30.5 Å². The van der Waals surface area contributed by atoms with Crippen molar-refractivity contribution in [3.05, 3.63) is 46.1 Å². The van der Waals surface area contributed by atoms with Gasteiger partial charge in [-0.2, -0.15) is 0 Å². The third-order valence-corrected chi connectivity index (χ3v) is 2.31. The van der Waals surface area contributed by atoms with Gasteiger partial charge in [0.25, 0.3) is 5.09 Å². The first-order valence-corrected chi connectivity index (χ1v) is 4.90. The van der Waals surface area contributed by atoms with Gasteiger partial charge in [0.2, 0.25) is 0 Å². The summed E-state index contributed by atoms with van der Waals surface area (Å²) in [5.74, 6) is 0.171. The Bertz CT molecular complexity index is 540. The molecule has 0 aliphatic rings. The molecule has 0 N–H and O–H groups in total. The van der Waals surface area contributed by atoms with Crippen LogP contribution in [-0.4, -0.2) is 10.1 Å². The van der Waals surface area contributed by atoms with Crippen LogP contribution in [0.5, 0.6) is 5.75 Å². The fourth-order valence-electron chi connectivity index (χ4n) is 1.53. The van der Waals surface area contributed by atoms with Crippen LogP contribution in [0.1, 0.15) is 12.5 Å². The number of hydrogen-bond donors (Lipinski definition) is 0. The zero-order chi connectivity index (χ0) is 11.5. The van der Waals surface area contributed by atoms with Gasteiger partial charge in [0.15, 0.2) is 5.75 Å². The highest BCUT2D eigenvalue weighted by Crippen LogP contribution is 2.24. The molecule has 0 aliphatic heterocycles. The molecule has 0 atom stereocenters. The van der Waals surface area contributed by atoms with Gasteiger partial charge in [-0.15, -0.1) is 10.1 Å². The van der Waals surface area contributed by atoms with Gasteiger partial charge in [-0.05, 0) is 24.1 Å². The molecule has 0 spiro atoms. The van der Waals surface area contributed by atoms with Crippen LogP contribution in [-0.2, 0) is 6.42 Å². The lowest BCUT2D eigenvalue weighted by atomic mass is 10.1. The molecule has 5 nitrogen and oxygen atoms in total. The van der Waals surface area contributed by atoms with Crippen molar-refractivity contribution in [1.82, 2.24) is 4.98 Å². The largest absolute Gasteiger partial charge is 0.299 e. The van der Waals surface area contributed by atoms with Gasteiger partial charge >= 0.3 is 0 Å². The Morgan fingerprint density at radius 2 is 2.31 bits per heavy atom. The van der Waals surface area contributed by atoms with E-state index in [0.29, 0.717) is 5.52 Å². The standard InChI is InChI=1S/C11H10N2O3/c1-2-8-6-9-4-3-5-10(16-13(14)15)11(9)12-7-8/h3-7H,2H2,1H3. The molecule has 0 saturated heterocycles. The Hall–Kier alpha value is -2.17. The van der Waals surface area contributed by atoms with E-state index in [1.165, 1.54) is 6.07 Å². The van der Waals surface area contributed by atoms with Gasteiger partial charge in [0.1, 0.15) is 5.52 Å². The molecule has 1 heterocycles. The Morgan fingerprint density at radius 3 is 3.00 bits per heavy atom. The van der Waals surface area contributed by atoms with E-state index >= 15 is 0 Å². The minimum Gasteiger partial charge on any atom is -0.274 e. The number of aromatic nitrogens is 1. The second kappa shape index (κ2) is 4.14. The number of para-hydroxylation sites is 1. The fourth-order valence-corrected chi connectivity index (χ4v) is 1.53. The van der Waals surface area contributed by atoms with E-state index in [2.05, 4.69) is 9.82 Å². The highest BCUT2D eigenvalue weighted by atomic mass is 17.0. The molecule has 0 radical (unpaired) electrons. The molecule has 0 fully saturated rings. The van der Waals surface area contributed by atoms with E-state index in [-0.39, 0.29) is 5.75 Å². The van der Waals surface area contributed by atoms with Crippen molar-refractivity contribution in [3.8, 4) is 5.75 Å². The average Bonchev–Trinajstić information content (AvgIpc) is 2.28. The third-order valence-electron chi connectivity index (χ3n) is 2.31. The number of pyridine rings is 1. The Morgan fingerprint density at radius 1 is 1.50 bits per heavy atom. The third kappa shape index (κ3) is 1.93. The molecular weight excluding hydrogens is 208 g/mol. The molecule has 1 aromatic heterocycles. The van der Waals surface area contributed by atoms with Crippen LogP contribution >= 0.6 is 0 Å². The molecule has 0 unspecified atom stereocenters. The summed E-state index contributed by atoms with van der Waals surface area (Å²) >= 11 is 0. The molecule has 82 valence electrons. The topological polar surface area (TPSA) is 65.3 Å². The highest BCUT2D eigenvalue weighted by Gasteiger charge is 2.06. The van der Waals surface area contributed by atoms with Gasteiger partial charge < -0.3 is 0 Å². The normalized spacial score (nSPS) is 10.3. The molecular formula is C11H10N2O3. The number of rotatable bonds is 3. The smallest absolute Gasteiger partial charge is 0.274 e. The van der Waals surface area contributed by atoms with Crippen molar-refractivity contribution in [2.75, 3.05) is 0 Å². The summed E-state index contributed by atoms with van der Waals surface area (Å²) in [5.41, 5.74) is 1.60. The molecule has 0 amide bonds. The summed E-state index contributed by atoms with van der Waals surface area (Å²) in [6.07, 6.45) is 2.58. The van der Waals surface area contributed by atoms with Gasteiger partial charge in [-0.1, -0.05) is 19.1 Å². The number of aryl methyl sites for hydroxylation is 1. The van der Waals surface area contributed by atoms with E-state index in [1.807, 2.05) is 19.1 Å². The van der Waals surface area contributed by atoms with Crippen molar-refractivity contribution in [2.24, 2.45) is 0 Å². The maximum absolute atomic E-state index is 10.3. The second-order valence-corrected chi connectivity index (χ2v) is 3.34. The summed E-state index contributed by atoms with van der Waals surface area (Å²) < 4.78 is 0. The SMILES string of the molecule is CCc1cnc2c(O[N+](=O)[O-])cccc2c1. The van der Waals surface area contributed by atoms with Gasteiger partial charge in [-0.3, -0.25) is 9.82 Å². The van der Waals surface area contributed by atoms with E-state index in [4.69, 9.17) is 0 Å². The predicted molar refractivity (Wildman–Crippen MR) is 58.7 cm³/mol. The number of benzene rings is 1. The van der Waals surface area contributed by atoms with Crippen LogP contribution < -0.4 is 4.84 Å². The molecule has 2 rings (SSSR count). The lowest BCUT2D eigenvalue weighted by Crippen LogP contribution is -2.04. The Balaban J connectivity index is 2.55. The highest BCUT2D eigenvalue weighted by molar-refractivity contribution is 5.84. The van der Waals surface area contributed by atoms with E-state index in [0.717, 1.165) is 17.4 Å². The van der Waals surface area contributed by atoms with Crippen molar-refractivity contribution in [2.45, 2.75) is 13.3 Å². The minimum atomic E-state index is -0.829. The van der Waals surface area contributed by atoms with E-state index in [9.17, 15) is 10.1 Å². The molecule has 16 heavy (non-hydrogen) atoms. The summed E-state index contributed by atoms with van der Waals surface area (Å²) in [4.78, 5) is 18.9. The lowest BCUT2D eigenvalue weighted by molar-refractivity contribution is -0.710. The quantitative estimate of drug-likeness (QED) is 0.586. The fraction of sp³-hybridized carbons (Fsp3) is 0.182. The Labute approximate surface area is 91.8 Å². The predicted octanol–water partition coefficient (Wildman–Crippen LogP) is 2.37. The molecule has 0 aliphatic carbocycles. The first-order chi connectivity index (χ1) is 7.70. The summed E-state index contributed by atoms with van der Waals surface area (Å²) in [7, 11) is 0. The van der Waals surface area contributed by atoms with Crippen LogP contribution in [0, 0.1) is 10.1 Å². The number of hydrogen-bond acceptors (Lipinski definition) is 4. The van der Waals surface area contributed by atoms with Crippen molar-refractivity contribution < 1.29 is 9.92 Å². The molecule has 0 bridgehead atoms. The van der Waals surface area contributed by atoms with Crippen LogP contribution in [0.25, 0.3) is 10.9 Å². The zero-order valence-electron chi connectivity index (χ0n) is 8.71. The van der Waals surface area contributed by atoms with Crippen LogP contribution in [0.3, 0.4) is 0 Å². The maximum atomic E-state index is 10.3. The zero-order valence-corrected chi connectivity index (χ0v) is 8.71. The van der Waals surface area contributed by atoms with Gasteiger partial charge in [0, 0.05) is 11.6 Å². The Kier molecular flexibility index (Phi) is 2.68. The monoisotopic (exact) mass is 218 g/mol. The first kappa shape index (κ1) is 10.4. The number of nitrogens with zero attached hydrogens (tertiary/aromatic N) is 2. The molecule has 5 heteroatoms. The summed E-state index contributed by atoms with van der Waals surface area (Å²) in [5, 5.41) is 10.3.